The summed E-state index contributed by atoms with van der Waals surface area (Å²) in [5.74, 6) is -0.752. The van der Waals surface area contributed by atoms with Gasteiger partial charge in [0, 0.05) is 12.6 Å². The number of hydrogen-bond acceptors (Lipinski definition) is 4. The first-order chi connectivity index (χ1) is 9.54. The summed E-state index contributed by atoms with van der Waals surface area (Å²) in [5, 5.41) is 8.90. The number of carbonyl (C=O) groups is 2. The summed E-state index contributed by atoms with van der Waals surface area (Å²) in [5.41, 5.74) is 6.01. The summed E-state index contributed by atoms with van der Waals surface area (Å²) in [6.45, 7) is 0.518. The number of carboxylic acid groups (broad SMARTS) is 1. The fourth-order valence-corrected chi connectivity index (χ4v) is 2.01. The SMILES string of the molecule is NC(=O)COc1ccc(CN(CC(=O)O)C2CC2)cc1. The fourth-order valence-electron chi connectivity index (χ4n) is 2.01. The average molecular weight is 278 g/mol. The van der Waals surface area contributed by atoms with Crippen molar-refractivity contribution in [3.05, 3.63) is 29.8 Å². The zero-order chi connectivity index (χ0) is 14.5. The van der Waals surface area contributed by atoms with Crippen LogP contribution in [0.15, 0.2) is 24.3 Å². The molecule has 1 aliphatic carbocycles. The van der Waals surface area contributed by atoms with Crippen molar-refractivity contribution in [3.8, 4) is 5.75 Å². The number of primary amides is 1. The smallest absolute Gasteiger partial charge is 0.317 e. The molecule has 108 valence electrons. The first-order valence-electron chi connectivity index (χ1n) is 6.50. The average Bonchev–Trinajstić information content (AvgIpc) is 3.21. The van der Waals surface area contributed by atoms with E-state index in [1.54, 1.807) is 12.1 Å². The van der Waals surface area contributed by atoms with Gasteiger partial charge in [0.15, 0.2) is 6.61 Å². The van der Waals surface area contributed by atoms with E-state index in [0.29, 0.717) is 18.3 Å². The maximum Gasteiger partial charge on any atom is 0.317 e. The molecule has 0 spiro atoms. The number of ether oxygens (including phenoxy) is 1. The number of benzene rings is 1. The van der Waals surface area contributed by atoms with Gasteiger partial charge >= 0.3 is 5.97 Å². The molecule has 0 atom stereocenters. The highest BCUT2D eigenvalue weighted by Gasteiger charge is 2.30. The highest BCUT2D eigenvalue weighted by atomic mass is 16.5. The third-order valence-electron chi connectivity index (χ3n) is 3.09. The second-order valence-corrected chi connectivity index (χ2v) is 4.93. The fraction of sp³-hybridized carbons (Fsp3) is 0.429. The number of carbonyl (C=O) groups excluding carboxylic acids is 1. The van der Waals surface area contributed by atoms with Crippen molar-refractivity contribution in [1.29, 1.82) is 0 Å². The van der Waals surface area contributed by atoms with E-state index in [2.05, 4.69) is 0 Å². The highest BCUT2D eigenvalue weighted by molar-refractivity contribution is 5.75. The maximum absolute atomic E-state index is 10.8. The van der Waals surface area contributed by atoms with E-state index in [-0.39, 0.29) is 13.2 Å². The molecular weight excluding hydrogens is 260 g/mol. The molecule has 1 fully saturated rings. The number of aliphatic carboxylic acids is 1. The molecule has 3 N–H and O–H groups in total. The van der Waals surface area contributed by atoms with E-state index in [4.69, 9.17) is 15.6 Å². The van der Waals surface area contributed by atoms with Crippen molar-refractivity contribution in [2.24, 2.45) is 5.73 Å². The molecule has 0 aromatic heterocycles. The van der Waals surface area contributed by atoms with E-state index in [1.807, 2.05) is 17.0 Å². The van der Waals surface area contributed by atoms with E-state index in [1.165, 1.54) is 0 Å². The number of hydrogen-bond donors (Lipinski definition) is 2. The van der Waals surface area contributed by atoms with Crippen LogP contribution in [0.3, 0.4) is 0 Å². The van der Waals surface area contributed by atoms with Crippen LogP contribution in [-0.4, -0.2) is 41.1 Å². The summed E-state index contributed by atoms with van der Waals surface area (Å²) in [6.07, 6.45) is 2.13. The Balaban J connectivity index is 1.91. The molecule has 0 unspecified atom stereocenters. The second-order valence-electron chi connectivity index (χ2n) is 4.93. The Hall–Kier alpha value is -2.08. The molecule has 1 saturated carbocycles. The van der Waals surface area contributed by atoms with Crippen LogP contribution in [0.25, 0.3) is 0 Å². The van der Waals surface area contributed by atoms with Crippen LogP contribution < -0.4 is 10.5 Å². The zero-order valence-electron chi connectivity index (χ0n) is 11.1. The Morgan fingerprint density at radius 1 is 1.30 bits per heavy atom. The van der Waals surface area contributed by atoms with Gasteiger partial charge in [0.25, 0.3) is 5.91 Å². The molecule has 20 heavy (non-hydrogen) atoms. The minimum atomic E-state index is -0.807. The van der Waals surface area contributed by atoms with Crippen molar-refractivity contribution < 1.29 is 19.4 Å². The third kappa shape index (κ3) is 4.55. The Bertz CT molecular complexity index is 482. The van der Waals surface area contributed by atoms with Gasteiger partial charge in [-0.05, 0) is 30.5 Å². The van der Waals surface area contributed by atoms with Crippen LogP contribution in [0.4, 0.5) is 0 Å². The Kier molecular flexibility index (Phi) is 4.57. The van der Waals surface area contributed by atoms with Gasteiger partial charge in [-0.1, -0.05) is 12.1 Å². The molecule has 1 amide bonds. The molecule has 0 bridgehead atoms. The van der Waals surface area contributed by atoms with Crippen molar-refractivity contribution >= 4 is 11.9 Å². The standard InChI is InChI=1S/C14H18N2O4/c15-13(17)9-20-12-5-1-10(2-6-12)7-16(8-14(18)19)11-3-4-11/h1-2,5-6,11H,3-4,7-9H2,(H2,15,17)(H,18,19). The lowest BCUT2D eigenvalue weighted by Crippen LogP contribution is -2.31. The lowest BCUT2D eigenvalue weighted by Gasteiger charge is -2.19. The van der Waals surface area contributed by atoms with E-state index in [0.717, 1.165) is 18.4 Å². The lowest BCUT2D eigenvalue weighted by molar-refractivity contribution is -0.138. The Morgan fingerprint density at radius 2 is 1.95 bits per heavy atom. The normalized spacial score (nSPS) is 14.2. The molecule has 1 aromatic carbocycles. The van der Waals surface area contributed by atoms with Crippen LogP contribution in [0, 0.1) is 0 Å². The Labute approximate surface area is 117 Å². The van der Waals surface area contributed by atoms with Gasteiger partial charge in [0.2, 0.25) is 0 Å². The number of nitrogens with zero attached hydrogens (tertiary/aromatic N) is 1. The lowest BCUT2D eigenvalue weighted by atomic mass is 10.2. The molecular formula is C14H18N2O4. The van der Waals surface area contributed by atoms with Crippen molar-refractivity contribution in [2.75, 3.05) is 13.2 Å². The summed E-state index contributed by atoms with van der Waals surface area (Å²) in [4.78, 5) is 23.4. The molecule has 6 nitrogen and oxygen atoms in total. The first kappa shape index (κ1) is 14.3. The van der Waals surface area contributed by atoms with E-state index < -0.39 is 11.9 Å². The summed E-state index contributed by atoms with van der Waals surface area (Å²) in [6, 6.07) is 7.63. The van der Waals surface area contributed by atoms with Crippen molar-refractivity contribution in [2.45, 2.75) is 25.4 Å². The van der Waals surface area contributed by atoms with Crippen LogP contribution in [-0.2, 0) is 16.1 Å². The van der Waals surface area contributed by atoms with Gasteiger partial charge in [-0.25, -0.2) is 0 Å². The second kappa shape index (κ2) is 6.38. The van der Waals surface area contributed by atoms with Crippen molar-refractivity contribution in [3.63, 3.8) is 0 Å². The summed E-state index contributed by atoms with van der Waals surface area (Å²) >= 11 is 0. The van der Waals surface area contributed by atoms with Crippen LogP contribution >= 0.6 is 0 Å². The predicted octanol–water partition coefficient (Wildman–Crippen LogP) is 0.600. The number of carboxylic acids is 1. The summed E-state index contributed by atoms with van der Waals surface area (Å²) < 4.78 is 5.17. The van der Waals surface area contributed by atoms with Gasteiger partial charge in [0.1, 0.15) is 5.75 Å². The van der Waals surface area contributed by atoms with Crippen LogP contribution in [0.1, 0.15) is 18.4 Å². The molecule has 0 saturated heterocycles. The minimum Gasteiger partial charge on any atom is -0.484 e. The molecule has 6 heteroatoms. The van der Waals surface area contributed by atoms with Gasteiger partial charge in [-0.15, -0.1) is 0 Å². The molecule has 1 aliphatic rings. The first-order valence-corrected chi connectivity index (χ1v) is 6.50. The van der Waals surface area contributed by atoms with Gasteiger partial charge in [-0.3, -0.25) is 14.5 Å². The van der Waals surface area contributed by atoms with Gasteiger partial charge < -0.3 is 15.6 Å². The van der Waals surface area contributed by atoms with E-state index >= 15 is 0 Å². The van der Waals surface area contributed by atoms with E-state index in [9.17, 15) is 9.59 Å². The number of amides is 1. The summed E-state index contributed by atoms with van der Waals surface area (Å²) in [7, 11) is 0. The Morgan fingerprint density at radius 3 is 2.45 bits per heavy atom. The van der Waals surface area contributed by atoms with Crippen LogP contribution in [0.2, 0.25) is 0 Å². The van der Waals surface area contributed by atoms with Crippen molar-refractivity contribution in [1.82, 2.24) is 4.90 Å². The largest absolute Gasteiger partial charge is 0.484 e. The van der Waals surface area contributed by atoms with Crippen LogP contribution in [0.5, 0.6) is 5.75 Å². The maximum atomic E-state index is 10.8. The molecule has 0 radical (unpaired) electrons. The molecule has 0 aliphatic heterocycles. The topological polar surface area (TPSA) is 92.9 Å². The molecule has 1 aromatic rings. The van der Waals surface area contributed by atoms with Gasteiger partial charge in [0.05, 0.1) is 6.54 Å². The molecule has 2 rings (SSSR count). The monoisotopic (exact) mass is 278 g/mol. The third-order valence-corrected chi connectivity index (χ3v) is 3.09. The highest BCUT2D eigenvalue weighted by Crippen LogP contribution is 2.28. The van der Waals surface area contributed by atoms with Gasteiger partial charge in [-0.2, -0.15) is 0 Å². The minimum absolute atomic E-state index is 0.0601. The molecule has 0 heterocycles. The number of rotatable bonds is 8. The number of nitrogens with two attached hydrogens (primary N) is 1. The predicted molar refractivity (Wildman–Crippen MR) is 72.2 cm³/mol. The zero-order valence-corrected chi connectivity index (χ0v) is 11.1. The quantitative estimate of drug-likeness (QED) is 0.726.